The summed E-state index contributed by atoms with van der Waals surface area (Å²) in [5, 5.41) is 0. The van der Waals surface area contributed by atoms with Crippen molar-refractivity contribution in [3.05, 3.63) is 0 Å². The zero-order chi connectivity index (χ0) is 14.0. The third-order valence-corrected chi connectivity index (χ3v) is 3.45. The van der Waals surface area contributed by atoms with E-state index in [1.807, 2.05) is 13.8 Å². The number of hydrogen-bond acceptors (Lipinski definition) is 4. The van der Waals surface area contributed by atoms with Crippen LogP contribution in [0.5, 0.6) is 0 Å². The SMILES string of the molecule is CC(C)C(=O)C(CN)N1C(=O)CC(C(C)C)C1=O. The van der Waals surface area contributed by atoms with Gasteiger partial charge in [-0.25, -0.2) is 0 Å². The lowest BCUT2D eigenvalue weighted by Crippen LogP contribution is -2.50. The lowest BCUT2D eigenvalue weighted by Gasteiger charge is -2.26. The van der Waals surface area contributed by atoms with Crippen LogP contribution in [0.3, 0.4) is 0 Å². The number of hydrogen-bond donors (Lipinski definition) is 1. The van der Waals surface area contributed by atoms with Gasteiger partial charge >= 0.3 is 0 Å². The Kier molecular flexibility index (Phi) is 4.62. The predicted molar refractivity (Wildman–Crippen MR) is 67.5 cm³/mol. The molecule has 2 N–H and O–H groups in total. The molecule has 2 amide bonds. The van der Waals surface area contributed by atoms with Crippen LogP contribution >= 0.6 is 0 Å². The number of amides is 2. The van der Waals surface area contributed by atoms with Crippen molar-refractivity contribution in [3.63, 3.8) is 0 Å². The fourth-order valence-corrected chi connectivity index (χ4v) is 2.26. The van der Waals surface area contributed by atoms with Crippen molar-refractivity contribution in [1.82, 2.24) is 4.90 Å². The van der Waals surface area contributed by atoms with Crippen LogP contribution < -0.4 is 5.73 Å². The highest BCUT2D eigenvalue weighted by Crippen LogP contribution is 2.28. The fourth-order valence-electron chi connectivity index (χ4n) is 2.26. The van der Waals surface area contributed by atoms with Crippen molar-refractivity contribution < 1.29 is 14.4 Å². The van der Waals surface area contributed by atoms with E-state index in [1.54, 1.807) is 13.8 Å². The number of imide groups is 1. The van der Waals surface area contributed by atoms with Crippen molar-refractivity contribution in [2.75, 3.05) is 6.54 Å². The summed E-state index contributed by atoms with van der Waals surface area (Å²) in [6.45, 7) is 7.30. The van der Waals surface area contributed by atoms with Crippen LogP contribution in [0.15, 0.2) is 0 Å². The van der Waals surface area contributed by atoms with E-state index >= 15 is 0 Å². The lowest BCUT2D eigenvalue weighted by atomic mass is 9.94. The summed E-state index contributed by atoms with van der Waals surface area (Å²) in [5.41, 5.74) is 5.57. The molecule has 5 nitrogen and oxygen atoms in total. The Morgan fingerprint density at radius 3 is 2.22 bits per heavy atom. The molecule has 1 aliphatic rings. The van der Waals surface area contributed by atoms with Crippen LogP contribution in [0, 0.1) is 17.8 Å². The molecular weight excluding hydrogens is 232 g/mol. The largest absolute Gasteiger partial charge is 0.328 e. The maximum absolute atomic E-state index is 12.2. The standard InChI is InChI=1S/C13H22N2O3/c1-7(2)9-5-11(16)15(13(9)18)10(6-14)12(17)8(3)4/h7-10H,5-6,14H2,1-4H3. The predicted octanol–water partition coefficient (Wildman–Crippen LogP) is 0.570. The fraction of sp³-hybridized carbons (Fsp3) is 0.769. The molecule has 0 aromatic rings. The Hall–Kier alpha value is -1.23. The van der Waals surface area contributed by atoms with Gasteiger partial charge in [0.25, 0.3) is 0 Å². The molecule has 1 heterocycles. The first kappa shape index (κ1) is 14.8. The number of ketones is 1. The van der Waals surface area contributed by atoms with Gasteiger partial charge in [-0.3, -0.25) is 19.3 Å². The first-order valence-electron chi connectivity index (χ1n) is 6.40. The van der Waals surface area contributed by atoms with E-state index in [2.05, 4.69) is 0 Å². The van der Waals surface area contributed by atoms with Gasteiger partial charge in [-0.15, -0.1) is 0 Å². The highest BCUT2D eigenvalue weighted by atomic mass is 16.2. The van der Waals surface area contributed by atoms with Crippen molar-refractivity contribution in [1.29, 1.82) is 0 Å². The van der Waals surface area contributed by atoms with Crippen LogP contribution in [0.1, 0.15) is 34.1 Å². The second-order valence-corrected chi connectivity index (χ2v) is 5.47. The summed E-state index contributed by atoms with van der Waals surface area (Å²) in [6.07, 6.45) is 0.193. The van der Waals surface area contributed by atoms with Gasteiger partial charge in [0.15, 0.2) is 5.78 Å². The maximum atomic E-state index is 12.2. The summed E-state index contributed by atoms with van der Waals surface area (Å²) >= 11 is 0. The molecular formula is C13H22N2O3. The molecule has 102 valence electrons. The van der Waals surface area contributed by atoms with Gasteiger partial charge < -0.3 is 5.73 Å². The highest BCUT2D eigenvalue weighted by Gasteiger charge is 2.45. The number of likely N-dealkylation sites (tertiary alicyclic amines) is 1. The van der Waals surface area contributed by atoms with Gasteiger partial charge in [0.05, 0.1) is 0 Å². The quantitative estimate of drug-likeness (QED) is 0.727. The number of carbonyl (C=O) groups excluding carboxylic acids is 3. The molecule has 0 spiro atoms. The number of carbonyl (C=O) groups is 3. The zero-order valence-corrected chi connectivity index (χ0v) is 11.5. The van der Waals surface area contributed by atoms with E-state index in [-0.39, 0.29) is 48.3 Å². The lowest BCUT2D eigenvalue weighted by molar-refractivity contribution is -0.147. The topological polar surface area (TPSA) is 80.5 Å². The molecule has 5 heteroatoms. The Balaban J connectivity index is 2.97. The number of rotatable bonds is 5. The van der Waals surface area contributed by atoms with E-state index in [0.717, 1.165) is 4.90 Å². The molecule has 0 aliphatic carbocycles. The highest BCUT2D eigenvalue weighted by molar-refractivity contribution is 6.07. The molecule has 18 heavy (non-hydrogen) atoms. The van der Waals surface area contributed by atoms with E-state index in [4.69, 9.17) is 5.73 Å². The molecule has 0 bridgehead atoms. The van der Waals surface area contributed by atoms with Gasteiger partial charge in [0.1, 0.15) is 6.04 Å². The summed E-state index contributed by atoms with van der Waals surface area (Å²) in [5.74, 6) is -1.13. The van der Waals surface area contributed by atoms with E-state index < -0.39 is 6.04 Å². The zero-order valence-electron chi connectivity index (χ0n) is 11.5. The van der Waals surface area contributed by atoms with E-state index in [1.165, 1.54) is 0 Å². The molecule has 0 saturated carbocycles. The van der Waals surface area contributed by atoms with Crippen LogP contribution in [0.25, 0.3) is 0 Å². The molecule has 1 fully saturated rings. The average Bonchev–Trinajstić information content (AvgIpc) is 2.57. The molecule has 1 rings (SSSR count). The van der Waals surface area contributed by atoms with Crippen molar-refractivity contribution >= 4 is 17.6 Å². The van der Waals surface area contributed by atoms with Crippen LogP contribution in [0.4, 0.5) is 0 Å². The normalized spacial score (nSPS) is 22.2. The van der Waals surface area contributed by atoms with Crippen molar-refractivity contribution in [3.8, 4) is 0 Å². The molecule has 0 aromatic heterocycles. The van der Waals surface area contributed by atoms with Gasteiger partial charge in [-0.05, 0) is 5.92 Å². The Morgan fingerprint density at radius 2 is 1.89 bits per heavy atom. The minimum absolute atomic E-state index is 0.000686. The number of nitrogens with zero attached hydrogens (tertiary/aromatic N) is 1. The monoisotopic (exact) mass is 254 g/mol. The van der Waals surface area contributed by atoms with Gasteiger partial charge in [-0.1, -0.05) is 27.7 Å². The Morgan fingerprint density at radius 1 is 1.33 bits per heavy atom. The molecule has 2 atom stereocenters. The van der Waals surface area contributed by atoms with Crippen LogP contribution in [-0.2, 0) is 14.4 Å². The molecule has 0 radical (unpaired) electrons. The van der Waals surface area contributed by atoms with E-state index in [9.17, 15) is 14.4 Å². The second kappa shape index (κ2) is 5.61. The van der Waals surface area contributed by atoms with Gasteiger partial charge in [0, 0.05) is 24.8 Å². The van der Waals surface area contributed by atoms with Crippen molar-refractivity contribution in [2.45, 2.75) is 40.2 Å². The summed E-state index contributed by atoms with van der Waals surface area (Å²) in [7, 11) is 0. The van der Waals surface area contributed by atoms with Gasteiger partial charge in [-0.2, -0.15) is 0 Å². The molecule has 2 unspecified atom stereocenters. The number of nitrogens with two attached hydrogens (primary N) is 1. The summed E-state index contributed by atoms with van der Waals surface area (Å²) in [6, 6.07) is -0.797. The first-order valence-corrected chi connectivity index (χ1v) is 6.40. The molecule has 0 aromatic carbocycles. The van der Waals surface area contributed by atoms with Crippen molar-refractivity contribution in [2.24, 2.45) is 23.5 Å². The molecule has 1 aliphatic heterocycles. The summed E-state index contributed by atoms with van der Waals surface area (Å²) in [4.78, 5) is 37.2. The third-order valence-electron chi connectivity index (χ3n) is 3.45. The number of Topliss-reactive ketones (excluding diaryl/α,β-unsaturated/α-hetero) is 1. The third kappa shape index (κ3) is 2.61. The maximum Gasteiger partial charge on any atom is 0.233 e. The smallest absolute Gasteiger partial charge is 0.233 e. The first-order chi connectivity index (χ1) is 8.31. The molecule has 1 saturated heterocycles. The Labute approximate surface area is 108 Å². The second-order valence-electron chi connectivity index (χ2n) is 5.47. The van der Waals surface area contributed by atoms with Crippen LogP contribution in [0.2, 0.25) is 0 Å². The average molecular weight is 254 g/mol. The summed E-state index contributed by atoms with van der Waals surface area (Å²) < 4.78 is 0. The minimum atomic E-state index is -0.797. The minimum Gasteiger partial charge on any atom is -0.328 e. The van der Waals surface area contributed by atoms with Gasteiger partial charge in [0.2, 0.25) is 11.8 Å². The Bertz CT molecular complexity index is 363. The van der Waals surface area contributed by atoms with E-state index in [0.29, 0.717) is 0 Å². The van der Waals surface area contributed by atoms with Crippen LogP contribution in [-0.4, -0.2) is 35.1 Å².